The largest absolute Gasteiger partial charge is 0.512 e. The summed E-state index contributed by atoms with van der Waals surface area (Å²) in [5.41, 5.74) is 0. The Morgan fingerprint density at radius 1 is 0.941 bits per heavy atom. The molecule has 2 heteroatoms. The van der Waals surface area contributed by atoms with Gasteiger partial charge in [0.15, 0.2) is 0 Å². The van der Waals surface area contributed by atoms with E-state index < -0.39 is 0 Å². The van der Waals surface area contributed by atoms with E-state index >= 15 is 0 Å². The summed E-state index contributed by atoms with van der Waals surface area (Å²) in [4.78, 5) is 0. The van der Waals surface area contributed by atoms with Gasteiger partial charge in [-0.15, -0.1) is 0 Å². The highest BCUT2D eigenvalue weighted by molar-refractivity contribution is 5.17. The first kappa shape index (κ1) is 15.6. The molecule has 0 aliphatic rings. The maximum atomic E-state index is 8.87. The molecule has 96 valence electrons. The van der Waals surface area contributed by atoms with Gasteiger partial charge in [0.2, 0.25) is 0 Å². The first-order chi connectivity index (χ1) is 8.31. The van der Waals surface area contributed by atoms with Gasteiger partial charge < -0.3 is 10.2 Å². The highest BCUT2D eigenvalue weighted by Crippen LogP contribution is 2.05. The van der Waals surface area contributed by atoms with Crippen molar-refractivity contribution in [2.75, 3.05) is 0 Å². The van der Waals surface area contributed by atoms with Crippen molar-refractivity contribution in [1.29, 1.82) is 0 Å². The smallest absolute Gasteiger partial charge is 0.149 e. The van der Waals surface area contributed by atoms with E-state index in [2.05, 4.69) is 13.0 Å². The Kier molecular flexibility index (Phi) is 11.6. The van der Waals surface area contributed by atoms with Crippen LogP contribution in [0.4, 0.5) is 0 Å². The predicted molar refractivity (Wildman–Crippen MR) is 74.1 cm³/mol. The summed E-state index contributed by atoms with van der Waals surface area (Å²) in [7, 11) is 0. The Balaban J connectivity index is 3.47. The topological polar surface area (TPSA) is 40.5 Å². The van der Waals surface area contributed by atoms with Crippen molar-refractivity contribution < 1.29 is 10.2 Å². The quantitative estimate of drug-likeness (QED) is 0.337. The zero-order chi connectivity index (χ0) is 12.8. The van der Waals surface area contributed by atoms with Gasteiger partial charge in [-0.1, -0.05) is 63.0 Å². The van der Waals surface area contributed by atoms with E-state index in [9.17, 15) is 0 Å². The Morgan fingerprint density at radius 2 is 1.65 bits per heavy atom. The summed E-state index contributed by atoms with van der Waals surface area (Å²) >= 11 is 0. The fourth-order valence-corrected chi connectivity index (χ4v) is 1.37. The van der Waals surface area contributed by atoms with E-state index in [-0.39, 0.29) is 5.76 Å². The van der Waals surface area contributed by atoms with E-state index in [0.717, 1.165) is 6.42 Å². The van der Waals surface area contributed by atoms with Crippen LogP contribution in [0.25, 0.3) is 0 Å². The Hall–Kier alpha value is -1.44. The molecule has 0 saturated heterocycles. The minimum Gasteiger partial charge on any atom is -0.512 e. The molecule has 0 aromatic carbocycles. The van der Waals surface area contributed by atoms with Gasteiger partial charge in [-0.05, 0) is 18.9 Å². The molecule has 0 aromatic heterocycles. The third-order valence-corrected chi connectivity index (χ3v) is 2.34. The molecular weight excluding hydrogens is 212 g/mol. The van der Waals surface area contributed by atoms with Crippen LogP contribution < -0.4 is 0 Å². The molecule has 0 heterocycles. The maximum Gasteiger partial charge on any atom is 0.149 e. The number of allylic oxidation sites excluding steroid dienone is 6. The van der Waals surface area contributed by atoms with Gasteiger partial charge >= 0.3 is 0 Å². The lowest BCUT2D eigenvalue weighted by molar-refractivity contribution is 0.377. The van der Waals surface area contributed by atoms with Crippen molar-refractivity contribution in [1.82, 2.24) is 0 Å². The van der Waals surface area contributed by atoms with Gasteiger partial charge in [0.25, 0.3) is 0 Å². The fraction of sp³-hybridized carbons (Fsp3) is 0.467. The van der Waals surface area contributed by atoms with Crippen LogP contribution in [0.2, 0.25) is 0 Å². The van der Waals surface area contributed by atoms with E-state index in [1.54, 1.807) is 6.08 Å². The molecule has 0 amide bonds. The normalized spacial score (nSPS) is 13.4. The van der Waals surface area contributed by atoms with Crippen molar-refractivity contribution in [2.45, 2.75) is 45.4 Å². The predicted octanol–water partition coefficient (Wildman–Crippen LogP) is 4.97. The zero-order valence-corrected chi connectivity index (χ0v) is 10.7. The van der Waals surface area contributed by atoms with Crippen LogP contribution in [0.3, 0.4) is 0 Å². The van der Waals surface area contributed by atoms with E-state index in [4.69, 9.17) is 10.2 Å². The minimum absolute atomic E-state index is 0.144. The molecule has 0 fully saturated rings. The van der Waals surface area contributed by atoms with Crippen LogP contribution in [0.5, 0.6) is 0 Å². The molecule has 0 atom stereocenters. The molecule has 17 heavy (non-hydrogen) atoms. The monoisotopic (exact) mass is 236 g/mol. The van der Waals surface area contributed by atoms with Gasteiger partial charge in [-0.2, -0.15) is 0 Å². The zero-order valence-electron chi connectivity index (χ0n) is 10.7. The lowest BCUT2D eigenvalue weighted by Gasteiger charge is -1.95. The van der Waals surface area contributed by atoms with Gasteiger partial charge in [-0.25, -0.2) is 0 Å². The summed E-state index contributed by atoms with van der Waals surface area (Å²) in [5, 5.41) is 17.3. The number of unbranched alkanes of at least 4 members (excludes halogenated alkanes) is 5. The van der Waals surface area contributed by atoms with Crippen LogP contribution >= 0.6 is 0 Å². The Bertz CT molecular complexity index is 273. The lowest BCUT2D eigenvalue weighted by Crippen LogP contribution is -1.75. The Labute approximate surface area is 105 Å². The first-order valence-electron chi connectivity index (χ1n) is 6.34. The SMILES string of the molecule is CCCCCCCC=CC=CC=CC(O)=CO. The summed E-state index contributed by atoms with van der Waals surface area (Å²) in [6.45, 7) is 2.22. The molecule has 0 bridgehead atoms. The maximum absolute atomic E-state index is 8.87. The average molecular weight is 236 g/mol. The van der Waals surface area contributed by atoms with Gasteiger partial charge in [-0.3, -0.25) is 0 Å². The Morgan fingerprint density at radius 3 is 2.35 bits per heavy atom. The highest BCUT2D eigenvalue weighted by Gasteiger charge is 1.85. The molecular formula is C15H24O2. The molecule has 2 N–H and O–H groups in total. The summed E-state index contributed by atoms with van der Waals surface area (Å²) in [6.07, 6.45) is 19.3. The van der Waals surface area contributed by atoms with Crippen molar-refractivity contribution >= 4 is 0 Å². The molecule has 0 aliphatic heterocycles. The molecule has 0 radical (unpaired) electrons. The lowest BCUT2D eigenvalue weighted by atomic mass is 10.1. The van der Waals surface area contributed by atoms with Gasteiger partial charge in [0, 0.05) is 0 Å². The first-order valence-corrected chi connectivity index (χ1v) is 6.34. The van der Waals surface area contributed by atoms with E-state index in [1.807, 2.05) is 18.2 Å². The van der Waals surface area contributed by atoms with Crippen LogP contribution in [0.1, 0.15) is 45.4 Å². The molecule has 0 unspecified atom stereocenters. The number of hydrogen-bond acceptors (Lipinski definition) is 2. The van der Waals surface area contributed by atoms with Crippen molar-refractivity contribution in [3.05, 3.63) is 48.5 Å². The van der Waals surface area contributed by atoms with Crippen molar-refractivity contribution in [2.24, 2.45) is 0 Å². The number of hydrogen-bond donors (Lipinski definition) is 2. The molecule has 0 spiro atoms. The number of aliphatic hydroxyl groups is 2. The minimum atomic E-state index is -0.144. The van der Waals surface area contributed by atoms with Crippen LogP contribution in [-0.2, 0) is 0 Å². The third kappa shape index (κ3) is 12.5. The summed E-state index contributed by atoms with van der Waals surface area (Å²) in [5.74, 6) is -0.144. The number of aliphatic hydroxyl groups excluding tert-OH is 2. The molecule has 2 nitrogen and oxygen atoms in total. The molecule has 0 aliphatic carbocycles. The van der Waals surface area contributed by atoms with Crippen LogP contribution in [0.15, 0.2) is 48.5 Å². The van der Waals surface area contributed by atoms with Gasteiger partial charge in [0.05, 0.1) is 0 Å². The second-order valence-corrected chi connectivity index (χ2v) is 3.93. The van der Waals surface area contributed by atoms with Crippen molar-refractivity contribution in [3.63, 3.8) is 0 Å². The average Bonchev–Trinajstić information content (AvgIpc) is 2.35. The molecule has 0 saturated carbocycles. The van der Waals surface area contributed by atoms with Crippen LogP contribution in [0, 0.1) is 0 Å². The van der Waals surface area contributed by atoms with E-state index in [1.165, 1.54) is 38.2 Å². The molecule has 0 aromatic rings. The standard InChI is InChI=1S/C15H24O2/c1-2-3-4-5-6-7-8-9-10-11-12-13-15(17)14-16/h8-14,16-17H,2-7H2,1H3. The highest BCUT2D eigenvalue weighted by atomic mass is 16.3. The second kappa shape index (κ2) is 12.6. The fourth-order valence-electron chi connectivity index (χ4n) is 1.37. The third-order valence-electron chi connectivity index (χ3n) is 2.34. The van der Waals surface area contributed by atoms with Crippen molar-refractivity contribution in [3.8, 4) is 0 Å². The van der Waals surface area contributed by atoms with Crippen LogP contribution in [-0.4, -0.2) is 10.2 Å². The second-order valence-electron chi connectivity index (χ2n) is 3.93. The summed E-state index contributed by atoms with van der Waals surface area (Å²) in [6, 6.07) is 0. The summed E-state index contributed by atoms with van der Waals surface area (Å²) < 4.78 is 0. The van der Waals surface area contributed by atoms with Gasteiger partial charge in [0.1, 0.15) is 12.0 Å². The number of rotatable bonds is 9. The molecule has 0 rings (SSSR count). The van der Waals surface area contributed by atoms with E-state index in [0.29, 0.717) is 6.26 Å².